The van der Waals surface area contributed by atoms with Gasteiger partial charge in [-0.05, 0) is 50.2 Å². The number of benzene rings is 1. The van der Waals surface area contributed by atoms with Crippen LogP contribution in [0.1, 0.15) is 41.6 Å². The van der Waals surface area contributed by atoms with Crippen molar-refractivity contribution in [2.24, 2.45) is 11.8 Å². The zero-order chi connectivity index (χ0) is 15.4. The highest BCUT2D eigenvalue weighted by Gasteiger charge is 2.26. The fourth-order valence-electron chi connectivity index (χ4n) is 2.77. The Kier molecular flexibility index (Phi) is 5.23. The first-order valence-corrected chi connectivity index (χ1v) is 7.63. The first kappa shape index (κ1) is 15.8. The maximum atomic E-state index is 12.1. The van der Waals surface area contributed by atoms with Crippen molar-refractivity contribution < 1.29 is 14.7 Å². The van der Waals surface area contributed by atoms with Crippen molar-refractivity contribution in [3.05, 3.63) is 34.3 Å². The molecule has 0 atom stereocenters. The molecule has 0 heterocycles. The van der Waals surface area contributed by atoms with Crippen LogP contribution in [0, 0.1) is 18.8 Å². The van der Waals surface area contributed by atoms with Gasteiger partial charge in [0.2, 0.25) is 0 Å². The van der Waals surface area contributed by atoms with Gasteiger partial charge in [0.05, 0.1) is 16.5 Å². The Labute approximate surface area is 129 Å². The van der Waals surface area contributed by atoms with E-state index in [1.54, 1.807) is 6.07 Å². The molecule has 4 nitrogen and oxygen atoms in total. The van der Waals surface area contributed by atoms with E-state index in [4.69, 9.17) is 16.7 Å². The van der Waals surface area contributed by atoms with E-state index in [-0.39, 0.29) is 11.8 Å². The van der Waals surface area contributed by atoms with E-state index in [0.29, 0.717) is 35.9 Å². The normalized spacial score (nSPS) is 21.8. The maximum Gasteiger partial charge on any atom is 0.306 e. The molecule has 1 saturated carbocycles. The molecule has 1 aromatic rings. The Morgan fingerprint density at radius 2 is 1.95 bits per heavy atom. The highest BCUT2D eigenvalue weighted by Crippen LogP contribution is 2.28. The largest absolute Gasteiger partial charge is 0.481 e. The van der Waals surface area contributed by atoms with Crippen LogP contribution < -0.4 is 5.32 Å². The van der Waals surface area contributed by atoms with Crippen molar-refractivity contribution in [3.63, 3.8) is 0 Å². The summed E-state index contributed by atoms with van der Waals surface area (Å²) in [6.45, 7) is 2.45. The Morgan fingerprint density at radius 1 is 1.29 bits per heavy atom. The Morgan fingerprint density at radius 3 is 2.57 bits per heavy atom. The number of carbonyl (C=O) groups excluding carboxylic acids is 1. The van der Waals surface area contributed by atoms with E-state index in [1.165, 1.54) is 0 Å². The van der Waals surface area contributed by atoms with Gasteiger partial charge >= 0.3 is 5.97 Å². The van der Waals surface area contributed by atoms with E-state index < -0.39 is 5.97 Å². The van der Waals surface area contributed by atoms with Crippen LogP contribution in [0.3, 0.4) is 0 Å². The van der Waals surface area contributed by atoms with Crippen molar-refractivity contribution in [1.82, 2.24) is 5.32 Å². The minimum Gasteiger partial charge on any atom is -0.481 e. The lowest BCUT2D eigenvalue weighted by atomic mass is 9.82. The van der Waals surface area contributed by atoms with Crippen molar-refractivity contribution in [1.29, 1.82) is 0 Å². The summed E-state index contributed by atoms with van der Waals surface area (Å²) >= 11 is 6.14. The molecule has 1 aromatic carbocycles. The molecule has 0 saturated heterocycles. The number of hydrogen-bond donors (Lipinski definition) is 2. The second-order valence-electron chi connectivity index (χ2n) is 5.70. The van der Waals surface area contributed by atoms with Crippen molar-refractivity contribution in [2.45, 2.75) is 32.6 Å². The molecule has 21 heavy (non-hydrogen) atoms. The fraction of sp³-hybridized carbons (Fsp3) is 0.500. The molecule has 0 unspecified atom stereocenters. The Balaban J connectivity index is 1.85. The molecule has 0 bridgehead atoms. The minimum atomic E-state index is -0.705. The van der Waals surface area contributed by atoms with Gasteiger partial charge in [-0.2, -0.15) is 0 Å². The highest BCUT2D eigenvalue weighted by atomic mass is 35.5. The van der Waals surface area contributed by atoms with Gasteiger partial charge in [0.15, 0.2) is 0 Å². The standard InChI is InChI=1S/C16H20ClNO3/c1-10-3-2-4-13(14(10)17)15(19)18-9-11-5-7-12(8-6-11)16(20)21/h2-4,11-12H,5-9H2,1H3,(H,18,19)(H,20,21). The molecule has 0 spiro atoms. The molecule has 2 rings (SSSR count). The van der Waals surface area contributed by atoms with Crippen LogP contribution >= 0.6 is 11.6 Å². The van der Waals surface area contributed by atoms with Gasteiger partial charge in [-0.1, -0.05) is 23.7 Å². The molecular weight excluding hydrogens is 290 g/mol. The molecule has 1 aliphatic carbocycles. The van der Waals surface area contributed by atoms with Crippen LogP contribution in [0.5, 0.6) is 0 Å². The SMILES string of the molecule is Cc1cccc(C(=O)NCC2CCC(C(=O)O)CC2)c1Cl. The number of rotatable bonds is 4. The summed E-state index contributed by atoms with van der Waals surface area (Å²) in [5.74, 6) is -0.732. The fourth-order valence-corrected chi connectivity index (χ4v) is 2.98. The number of aryl methyl sites for hydroxylation is 1. The molecule has 0 radical (unpaired) electrons. The van der Waals surface area contributed by atoms with Gasteiger partial charge in [0.25, 0.3) is 5.91 Å². The van der Waals surface area contributed by atoms with Gasteiger partial charge < -0.3 is 10.4 Å². The van der Waals surface area contributed by atoms with Crippen LogP contribution in [-0.4, -0.2) is 23.5 Å². The quantitative estimate of drug-likeness (QED) is 0.897. The summed E-state index contributed by atoms with van der Waals surface area (Å²) in [6, 6.07) is 5.40. The summed E-state index contributed by atoms with van der Waals surface area (Å²) in [7, 11) is 0. The van der Waals surface area contributed by atoms with Gasteiger partial charge in [0, 0.05) is 6.54 Å². The Hall–Kier alpha value is -1.55. The molecule has 0 aromatic heterocycles. The number of aliphatic carboxylic acids is 1. The summed E-state index contributed by atoms with van der Waals surface area (Å²) in [6.07, 6.45) is 3.08. The molecule has 1 amide bonds. The lowest BCUT2D eigenvalue weighted by Crippen LogP contribution is -2.32. The number of halogens is 1. The molecule has 1 aliphatic rings. The third-order valence-electron chi connectivity index (χ3n) is 4.18. The zero-order valence-corrected chi connectivity index (χ0v) is 12.8. The number of carbonyl (C=O) groups is 2. The average Bonchev–Trinajstić information content (AvgIpc) is 2.48. The van der Waals surface area contributed by atoms with Gasteiger partial charge in [0.1, 0.15) is 0 Å². The zero-order valence-electron chi connectivity index (χ0n) is 12.1. The monoisotopic (exact) mass is 309 g/mol. The number of carboxylic acid groups (broad SMARTS) is 1. The van der Waals surface area contributed by atoms with Crippen molar-refractivity contribution in [3.8, 4) is 0 Å². The average molecular weight is 310 g/mol. The smallest absolute Gasteiger partial charge is 0.306 e. The van der Waals surface area contributed by atoms with Gasteiger partial charge in [-0.15, -0.1) is 0 Å². The van der Waals surface area contributed by atoms with E-state index in [1.807, 2.05) is 19.1 Å². The topological polar surface area (TPSA) is 66.4 Å². The van der Waals surface area contributed by atoms with E-state index in [0.717, 1.165) is 18.4 Å². The third kappa shape index (κ3) is 3.97. The predicted octanol–water partition coefficient (Wildman–Crippen LogP) is 3.27. The summed E-state index contributed by atoms with van der Waals surface area (Å²) < 4.78 is 0. The van der Waals surface area contributed by atoms with Crippen molar-refractivity contribution in [2.75, 3.05) is 6.54 Å². The summed E-state index contributed by atoms with van der Waals surface area (Å²) in [5.41, 5.74) is 1.38. The molecule has 1 fully saturated rings. The predicted molar refractivity (Wildman–Crippen MR) is 81.6 cm³/mol. The number of hydrogen-bond acceptors (Lipinski definition) is 2. The second-order valence-corrected chi connectivity index (χ2v) is 6.08. The molecule has 0 aliphatic heterocycles. The lowest BCUT2D eigenvalue weighted by Gasteiger charge is -2.26. The Bertz CT molecular complexity index is 536. The summed E-state index contributed by atoms with van der Waals surface area (Å²) in [4.78, 5) is 23.0. The van der Waals surface area contributed by atoms with E-state index in [2.05, 4.69) is 5.32 Å². The van der Waals surface area contributed by atoms with Crippen LogP contribution in [0.25, 0.3) is 0 Å². The van der Waals surface area contributed by atoms with Gasteiger partial charge in [-0.3, -0.25) is 9.59 Å². The minimum absolute atomic E-state index is 0.163. The van der Waals surface area contributed by atoms with Crippen molar-refractivity contribution >= 4 is 23.5 Å². The lowest BCUT2D eigenvalue weighted by molar-refractivity contribution is -0.143. The summed E-state index contributed by atoms with van der Waals surface area (Å²) in [5, 5.41) is 12.4. The van der Waals surface area contributed by atoms with Gasteiger partial charge in [-0.25, -0.2) is 0 Å². The first-order chi connectivity index (χ1) is 9.99. The van der Waals surface area contributed by atoms with E-state index in [9.17, 15) is 9.59 Å². The van der Waals surface area contributed by atoms with Crippen LogP contribution in [0.15, 0.2) is 18.2 Å². The van der Waals surface area contributed by atoms with Crippen LogP contribution in [-0.2, 0) is 4.79 Å². The number of carboxylic acids is 1. The second kappa shape index (κ2) is 6.94. The third-order valence-corrected chi connectivity index (χ3v) is 4.69. The van der Waals surface area contributed by atoms with E-state index >= 15 is 0 Å². The molecular formula is C16H20ClNO3. The molecule has 114 valence electrons. The van der Waals surface area contributed by atoms with Crippen LogP contribution in [0.4, 0.5) is 0 Å². The number of nitrogens with one attached hydrogen (secondary N) is 1. The first-order valence-electron chi connectivity index (χ1n) is 7.25. The molecule has 2 N–H and O–H groups in total. The number of amides is 1. The molecule has 5 heteroatoms. The van der Waals surface area contributed by atoms with Crippen LogP contribution in [0.2, 0.25) is 5.02 Å². The highest BCUT2D eigenvalue weighted by molar-refractivity contribution is 6.34. The maximum absolute atomic E-state index is 12.1.